The fourth-order valence-corrected chi connectivity index (χ4v) is 5.42. The second-order valence-electron chi connectivity index (χ2n) is 7.61. The van der Waals surface area contributed by atoms with E-state index in [1.807, 2.05) is 12.3 Å². The number of hydrogen-bond acceptors (Lipinski definition) is 4. The number of nitrogens with zero attached hydrogens (tertiary/aromatic N) is 4. The largest absolute Gasteiger partial charge is 0.318 e. The molecule has 0 aromatic carbocycles. The Balaban J connectivity index is 1.69. The molecule has 0 aromatic heterocycles. The molecule has 0 aromatic rings. The van der Waals surface area contributed by atoms with Crippen molar-refractivity contribution in [3.8, 4) is 6.19 Å². The van der Waals surface area contributed by atoms with Gasteiger partial charge in [0, 0.05) is 11.6 Å². The van der Waals surface area contributed by atoms with Gasteiger partial charge in [0.15, 0.2) is 0 Å². The number of aliphatic imine (C=N–C) groups is 2. The summed E-state index contributed by atoms with van der Waals surface area (Å²) < 4.78 is 0. The minimum Gasteiger partial charge on any atom is -0.318 e. The maximum Gasteiger partial charge on any atom is 0.206 e. The second kappa shape index (κ2) is 5.17. The van der Waals surface area contributed by atoms with E-state index in [0.29, 0.717) is 5.92 Å². The molecule has 24 heavy (non-hydrogen) atoms. The standard InChI is InChI=1S/C20H22N4/c21-13-22-16-8-9-17-19(12-16)24-18-7-2-1-5-14(18)11-15-6-3-4-10-20(15,24)23-17/h8-9,12,15H,1-7,10-11H2/t15-,20-/m0/s1. The van der Waals surface area contributed by atoms with Crippen LogP contribution in [0.4, 0.5) is 0 Å². The molecule has 5 rings (SSSR count). The van der Waals surface area contributed by atoms with Gasteiger partial charge in [0.2, 0.25) is 6.19 Å². The molecule has 1 spiro atoms. The minimum atomic E-state index is -0.0535. The Labute approximate surface area is 143 Å². The highest BCUT2D eigenvalue weighted by molar-refractivity contribution is 6.22. The highest BCUT2D eigenvalue weighted by atomic mass is 15.4. The van der Waals surface area contributed by atoms with Crippen LogP contribution in [0.3, 0.4) is 0 Å². The number of rotatable bonds is 0. The lowest BCUT2D eigenvalue weighted by molar-refractivity contribution is 0.0498. The van der Waals surface area contributed by atoms with Crippen LogP contribution < -0.4 is 0 Å². The second-order valence-corrected chi connectivity index (χ2v) is 7.61. The summed E-state index contributed by atoms with van der Waals surface area (Å²) in [7, 11) is 0. The van der Waals surface area contributed by atoms with E-state index >= 15 is 0 Å². The molecule has 1 saturated carbocycles. The average Bonchev–Trinajstić information content (AvgIpc) is 2.94. The first-order valence-electron chi connectivity index (χ1n) is 9.30. The molecule has 0 radical (unpaired) electrons. The fraction of sp³-hybridized carbons (Fsp3) is 0.550. The van der Waals surface area contributed by atoms with E-state index in [1.165, 1.54) is 62.8 Å². The predicted molar refractivity (Wildman–Crippen MR) is 94.3 cm³/mol. The Hall–Kier alpha value is -2.15. The lowest BCUT2D eigenvalue weighted by atomic mass is 9.70. The summed E-state index contributed by atoms with van der Waals surface area (Å²) in [5.41, 5.74) is 6.19. The Morgan fingerprint density at radius 3 is 3.04 bits per heavy atom. The molecule has 4 nitrogen and oxygen atoms in total. The third kappa shape index (κ3) is 1.84. The topological polar surface area (TPSA) is 51.8 Å². The van der Waals surface area contributed by atoms with Crippen LogP contribution in [0.1, 0.15) is 57.8 Å². The van der Waals surface area contributed by atoms with E-state index < -0.39 is 0 Å². The van der Waals surface area contributed by atoms with Crippen LogP contribution >= 0.6 is 0 Å². The first-order chi connectivity index (χ1) is 11.8. The van der Waals surface area contributed by atoms with Crippen molar-refractivity contribution < 1.29 is 0 Å². The van der Waals surface area contributed by atoms with Crippen LogP contribution in [0.25, 0.3) is 0 Å². The molecule has 1 fully saturated rings. The number of hydrogen-bond donors (Lipinski definition) is 0. The van der Waals surface area contributed by atoms with Gasteiger partial charge in [-0.05, 0) is 69.6 Å². The molecule has 0 N–H and O–H groups in total. The minimum absolute atomic E-state index is 0.0535. The lowest BCUT2D eigenvalue weighted by Crippen LogP contribution is -2.53. The van der Waals surface area contributed by atoms with Gasteiger partial charge in [-0.2, -0.15) is 10.3 Å². The third-order valence-electron chi connectivity index (χ3n) is 6.39. The summed E-state index contributed by atoms with van der Waals surface area (Å²) in [4.78, 5) is 11.8. The van der Waals surface area contributed by atoms with Crippen molar-refractivity contribution in [2.24, 2.45) is 15.9 Å². The molecule has 4 heteroatoms. The van der Waals surface area contributed by atoms with Crippen molar-refractivity contribution in [1.29, 1.82) is 5.26 Å². The summed E-state index contributed by atoms with van der Waals surface area (Å²) in [6, 6.07) is 0. The molecule has 2 heterocycles. The van der Waals surface area contributed by atoms with Gasteiger partial charge in [-0.1, -0.05) is 12.0 Å². The zero-order valence-corrected chi connectivity index (χ0v) is 14.0. The van der Waals surface area contributed by atoms with Crippen LogP contribution in [0.15, 0.2) is 45.2 Å². The van der Waals surface area contributed by atoms with E-state index in [-0.39, 0.29) is 5.66 Å². The van der Waals surface area contributed by atoms with Crippen LogP contribution in [0.2, 0.25) is 0 Å². The van der Waals surface area contributed by atoms with Crippen molar-refractivity contribution in [2.75, 3.05) is 0 Å². The summed E-state index contributed by atoms with van der Waals surface area (Å²) in [5.74, 6) is 0.645. The molecule has 2 atom stereocenters. The SMILES string of the molecule is N#CN=C1C=CC2=N[C@]34CCCC[C@H]3CC3=C(CCCC3)N4C2=C1. The molecule has 122 valence electrons. The smallest absolute Gasteiger partial charge is 0.206 e. The molecule has 0 saturated heterocycles. The summed E-state index contributed by atoms with van der Waals surface area (Å²) in [6.07, 6.45) is 19.3. The zero-order chi connectivity index (χ0) is 16.1. The highest BCUT2D eigenvalue weighted by Crippen LogP contribution is 2.55. The van der Waals surface area contributed by atoms with E-state index in [2.05, 4.69) is 22.0 Å². The molecular formula is C20H22N4. The van der Waals surface area contributed by atoms with Gasteiger partial charge in [0.1, 0.15) is 5.66 Å². The quantitative estimate of drug-likeness (QED) is 0.495. The summed E-state index contributed by atoms with van der Waals surface area (Å²) in [6.45, 7) is 0. The van der Waals surface area contributed by atoms with Gasteiger partial charge >= 0.3 is 0 Å². The average molecular weight is 318 g/mol. The van der Waals surface area contributed by atoms with Crippen molar-refractivity contribution >= 4 is 11.4 Å². The molecule has 5 aliphatic rings. The maximum absolute atomic E-state index is 8.91. The summed E-state index contributed by atoms with van der Waals surface area (Å²) in [5, 5.41) is 8.91. The van der Waals surface area contributed by atoms with Crippen LogP contribution in [-0.2, 0) is 0 Å². The van der Waals surface area contributed by atoms with E-state index in [4.69, 9.17) is 10.3 Å². The number of allylic oxidation sites excluding steroid dienone is 5. The predicted octanol–water partition coefficient (Wildman–Crippen LogP) is 4.24. The first-order valence-corrected chi connectivity index (χ1v) is 9.30. The van der Waals surface area contributed by atoms with E-state index in [1.54, 1.807) is 5.57 Å². The monoisotopic (exact) mass is 318 g/mol. The molecular weight excluding hydrogens is 296 g/mol. The summed E-state index contributed by atoms with van der Waals surface area (Å²) >= 11 is 0. The third-order valence-corrected chi connectivity index (χ3v) is 6.39. The molecule has 2 aliphatic heterocycles. The van der Waals surface area contributed by atoms with Gasteiger partial charge in [0.25, 0.3) is 0 Å². The number of fused-ring (bicyclic) bond motifs is 3. The van der Waals surface area contributed by atoms with Gasteiger partial charge in [-0.3, -0.25) is 4.99 Å². The van der Waals surface area contributed by atoms with Gasteiger partial charge < -0.3 is 4.90 Å². The number of nitriles is 1. The van der Waals surface area contributed by atoms with Crippen LogP contribution in [0.5, 0.6) is 0 Å². The Bertz CT molecular complexity index is 789. The Kier molecular flexibility index (Phi) is 3.06. The van der Waals surface area contributed by atoms with Crippen molar-refractivity contribution in [3.63, 3.8) is 0 Å². The zero-order valence-electron chi connectivity index (χ0n) is 14.0. The van der Waals surface area contributed by atoms with Gasteiger partial charge in [-0.25, -0.2) is 0 Å². The Morgan fingerprint density at radius 2 is 2.12 bits per heavy atom. The lowest BCUT2D eigenvalue weighted by Gasteiger charge is -2.52. The van der Waals surface area contributed by atoms with Crippen molar-refractivity contribution in [2.45, 2.75) is 63.5 Å². The van der Waals surface area contributed by atoms with Crippen LogP contribution in [0, 0.1) is 17.4 Å². The van der Waals surface area contributed by atoms with E-state index in [9.17, 15) is 0 Å². The molecule has 0 unspecified atom stereocenters. The molecule has 0 bridgehead atoms. The van der Waals surface area contributed by atoms with E-state index in [0.717, 1.165) is 17.8 Å². The van der Waals surface area contributed by atoms with Crippen molar-refractivity contribution in [3.05, 3.63) is 35.2 Å². The molecule has 0 amide bonds. The van der Waals surface area contributed by atoms with Gasteiger partial charge in [-0.15, -0.1) is 0 Å². The normalized spacial score (nSPS) is 35.5. The first kappa shape index (κ1) is 14.2. The van der Waals surface area contributed by atoms with Crippen LogP contribution in [-0.4, -0.2) is 22.0 Å². The molecule has 3 aliphatic carbocycles. The van der Waals surface area contributed by atoms with Gasteiger partial charge in [0.05, 0.1) is 17.1 Å². The Morgan fingerprint density at radius 1 is 1.21 bits per heavy atom. The fourth-order valence-electron chi connectivity index (χ4n) is 5.42. The highest BCUT2D eigenvalue weighted by Gasteiger charge is 2.54. The maximum atomic E-state index is 8.91. The van der Waals surface area contributed by atoms with Crippen molar-refractivity contribution in [1.82, 2.24) is 4.90 Å².